The van der Waals surface area contributed by atoms with Crippen molar-refractivity contribution in [1.82, 2.24) is 9.55 Å². The second kappa shape index (κ2) is 4.71. The molecule has 5 heteroatoms. The highest BCUT2D eigenvalue weighted by Gasteiger charge is 2.05. The molecule has 0 unspecified atom stereocenters. The zero-order valence-electron chi connectivity index (χ0n) is 9.35. The third kappa shape index (κ3) is 2.39. The summed E-state index contributed by atoms with van der Waals surface area (Å²) in [6, 6.07) is 7.48. The number of hydrogen-bond donors (Lipinski definition) is 1. The van der Waals surface area contributed by atoms with Gasteiger partial charge in [0, 0.05) is 10.7 Å². The fraction of sp³-hybridized carbons (Fsp3) is 0.167. The van der Waals surface area contributed by atoms with E-state index in [9.17, 15) is 4.79 Å². The van der Waals surface area contributed by atoms with Crippen molar-refractivity contribution >= 4 is 21.7 Å². The van der Waals surface area contributed by atoms with E-state index >= 15 is 0 Å². The number of halogens is 1. The third-order valence-corrected chi connectivity index (χ3v) is 3.14. The predicted octanol–water partition coefficient (Wildman–Crippen LogP) is 2.14. The summed E-state index contributed by atoms with van der Waals surface area (Å²) in [6.07, 6.45) is 2.57. The summed E-state index contributed by atoms with van der Waals surface area (Å²) < 4.78 is 2.32. The van der Waals surface area contributed by atoms with Gasteiger partial charge in [0.25, 0.3) is 0 Å². The first-order valence-corrected chi connectivity index (χ1v) is 6.05. The van der Waals surface area contributed by atoms with Gasteiger partial charge in [-0.1, -0.05) is 13.0 Å². The van der Waals surface area contributed by atoms with Crippen LogP contribution in [0.2, 0.25) is 0 Å². The van der Waals surface area contributed by atoms with E-state index in [1.807, 2.05) is 18.2 Å². The molecule has 1 heterocycles. The maximum atomic E-state index is 11.7. The third-order valence-electron chi connectivity index (χ3n) is 2.51. The monoisotopic (exact) mass is 293 g/mol. The maximum Gasteiger partial charge on any atom is 0.354 e. The first-order valence-electron chi connectivity index (χ1n) is 5.26. The molecule has 2 N–H and O–H groups in total. The molecule has 2 aromatic rings. The van der Waals surface area contributed by atoms with Gasteiger partial charge in [0.1, 0.15) is 5.82 Å². The van der Waals surface area contributed by atoms with Gasteiger partial charge >= 0.3 is 5.69 Å². The van der Waals surface area contributed by atoms with Crippen molar-refractivity contribution in [2.45, 2.75) is 13.3 Å². The highest BCUT2D eigenvalue weighted by atomic mass is 79.9. The lowest BCUT2D eigenvalue weighted by molar-refractivity contribution is 0.913. The predicted molar refractivity (Wildman–Crippen MR) is 71.3 cm³/mol. The van der Waals surface area contributed by atoms with E-state index in [2.05, 4.69) is 27.8 Å². The van der Waals surface area contributed by atoms with Crippen LogP contribution < -0.4 is 11.4 Å². The molecule has 0 amide bonds. The molecule has 0 aliphatic rings. The number of aryl methyl sites for hydroxylation is 1. The normalized spacial score (nSPS) is 10.5. The van der Waals surface area contributed by atoms with Crippen LogP contribution in [0.1, 0.15) is 12.5 Å². The number of rotatable bonds is 2. The number of nitrogen functional groups attached to an aromatic ring is 1. The standard InChI is InChI=1S/C12H12BrN3O/c1-2-8-3-4-10(9(13)7-8)16-6-5-11(14)15-12(16)17/h3-7H,2H2,1H3,(H2,14,15,17). The Bertz CT molecular complexity index is 607. The summed E-state index contributed by atoms with van der Waals surface area (Å²) in [4.78, 5) is 15.4. The number of anilines is 1. The van der Waals surface area contributed by atoms with Gasteiger partial charge in [-0.3, -0.25) is 4.57 Å². The van der Waals surface area contributed by atoms with E-state index in [0.717, 1.165) is 16.6 Å². The Morgan fingerprint density at radius 1 is 1.41 bits per heavy atom. The van der Waals surface area contributed by atoms with Crippen molar-refractivity contribution < 1.29 is 0 Å². The Kier molecular flexibility index (Phi) is 3.28. The quantitative estimate of drug-likeness (QED) is 0.923. The highest BCUT2D eigenvalue weighted by molar-refractivity contribution is 9.10. The van der Waals surface area contributed by atoms with Gasteiger partial charge in [0.15, 0.2) is 0 Å². The number of nitrogens with zero attached hydrogens (tertiary/aromatic N) is 2. The van der Waals surface area contributed by atoms with Crippen LogP contribution >= 0.6 is 15.9 Å². The maximum absolute atomic E-state index is 11.7. The van der Waals surface area contributed by atoms with Crippen molar-refractivity contribution in [2.24, 2.45) is 0 Å². The lowest BCUT2D eigenvalue weighted by Crippen LogP contribution is -2.21. The molecule has 0 radical (unpaired) electrons. The second-order valence-corrected chi connectivity index (χ2v) is 4.50. The Morgan fingerprint density at radius 2 is 2.18 bits per heavy atom. The molecule has 88 valence electrons. The Balaban J connectivity index is 2.57. The topological polar surface area (TPSA) is 60.9 Å². The van der Waals surface area contributed by atoms with Crippen LogP contribution in [0.5, 0.6) is 0 Å². The molecular formula is C12H12BrN3O. The number of benzene rings is 1. The molecule has 0 spiro atoms. The minimum absolute atomic E-state index is 0.229. The van der Waals surface area contributed by atoms with Gasteiger partial charge in [0.2, 0.25) is 0 Å². The minimum atomic E-state index is -0.380. The molecule has 0 saturated heterocycles. The van der Waals surface area contributed by atoms with Crippen molar-refractivity contribution in [3.05, 3.63) is 51.0 Å². The number of hydrogen-bond acceptors (Lipinski definition) is 3. The van der Waals surface area contributed by atoms with Crippen molar-refractivity contribution in [3.63, 3.8) is 0 Å². The van der Waals surface area contributed by atoms with Crippen LogP contribution in [0, 0.1) is 0 Å². The van der Waals surface area contributed by atoms with E-state index in [-0.39, 0.29) is 11.5 Å². The van der Waals surface area contributed by atoms with Crippen molar-refractivity contribution in [1.29, 1.82) is 0 Å². The van der Waals surface area contributed by atoms with E-state index in [1.165, 1.54) is 10.1 Å². The van der Waals surface area contributed by atoms with Crippen LogP contribution in [-0.2, 0) is 6.42 Å². The Morgan fingerprint density at radius 3 is 2.76 bits per heavy atom. The SMILES string of the molecule is CCc1ccc(-n2ccc(N)nc2=O)c(Br)c1. The zero-order chi connectivity index (χ0) is 12.4. The molecular weight excluding hydrogens is 282 g/mol. The number of nitrogens with two attached hydrogens (primary N) is 1. The molecule has 17 heavy (non-hydrogen) atoms. The first kappa shape index (κ1) is 11.9. The lowest BCUT2D eigenvalue weighted by atomic mass is 10.1. The second-order valence-electron chi connectivity index (χ2n) is 3.64. The Labute approximate surface area is 107 Å². The van der Waals surface area contributed by atoms with Crippen molar-refractivity contribution in [3.8, 4) is 5.69 Å². The summed E-state index contributed by atoms with van der Waals surface area (Å²) in [5.74, 6) is 0.229. The molecule has 0 atom stereocenters. The van der Waals surface area contributed by atoms with Crippen LogP contribution in [0.3, 0.4) is 0 Å². The Hall–Kier alpha value is -1.62. The van der Waals surface area contributed by atoms with Gasteiger partial charge in [-0.05, 0) is 46.1 Å². The van der Waals surface area contributed by atoms with Crippen LogP contribution in [0.25, 0.3) is 5.69 Å². The lowest BCUT2D eigenvalue weighted by Gasteiger charge is -2.08. The van der Waals surface area contributed by atoms with Crippen molar-refractivity contribution in [2.75, 3.05) is 5.73 Å². The van der Waals surface area contributed by atoms with E-state index in [1.54, 1.807) is 12.3 Å². The number of aromatic nitrogens is 2. The molecule has 0 fully saturated rings. The fourth-order valence-electron chi connectivity index (χ4n) is 1.57. The summed E-state index contributed by atoms with van der Waals surface area (Å²) in [7, 11) is 0. The van der Waals surface area contributed by atoms with Gasteiger partial charge in [-0.15, -0.1) is 0 Å². The van der Waals surface area contributed by atoms with Crippen LogP contribution in [-0.4, -0.2) is 9.55 Å². The average Bonchev–Trinajstić information content (AvgIpc) is 2.30. The summed E-state index contributed by atoms with van der Waals surface area (Å²) in [5.41, 5.74) is 7.04. The fourth-order valence-corrected chi connectivity index (χ4v) is 2.18. The van der Waals surface area contributed by atoms with Gasteiger partial charge < -0.3 is 5.73 Å². The largest absolute Gasteiger partial charge is 0.383 e. The molecule has 0 saturated carbocycles. The summed E-state index contributed by atoms with van der Waals surface area (Å²) >= 11 is 3.46. The molecule has 2 rings (SSSR count). The molecule has 1 aromatic carbocycles. The highest BCUT2D eigenvalue weighted by Crippen LogP contribution is 2.21. The van der Waals surface area contributed by atoms with Crippen LogP contribution in [0.15, 0.2) is 39.7 Å². The molecule has 0 aliphatic heterocycles. The zero-order valence-corrected chi connectivity index (χ0v) is 10.9. The molecule has 0 aliphatic carbocycles. The summed E-state index contributed by atoms with van der Waals surface area (Å²) in [6.45, 7) is 2.08. The van der Waals surface area contributed by atoms with E-state index < -0.39 is 0 Å². The van der Waals surface area contributed by atoms with E-state index in [4.69, 9.17) is 5.73 Å². The molecule has 1 aromatic heterocycles. The van der Waals surface area contributed by atoms with Gasteiger partial charge in [-0.25, -0.2) is 4.79 Å². The van der Waals surface area contributed by atoms with Crippen LogP contribution in [0.4, 0.5) is 5.82 Å². The molecule has 0 bridgehead atoms. The smallest absolute Gasteiger partial charge is 0.354 e. The van der Waals surface area contributed by atoms with E-state index in [0.29, 0.717) is 0 Å². The minimum Gasteiger partial charge on any atom is -0.383 e. The first-order chi connectivity index (χ1) is 8.11. The molecule has 4 nitrogen and oxygen atoms in total. The summed E-state index contributed by atoms with van der Waals surface area (Å²) in [5, 5.41) is 0. The van der Waals surface area contributed by atoms with Gasteiger partial charge in [0.05, 0.1) is 5.69 Å². The average molecular weight is 294 g/mol. The van der Waals surface area contributed by atoms with Gasteiger partial charge in [-0.2, -0.15) is 4.98 Å².